The molecule has 88 valence electrons. The van der Waals surface area contributed by atoms with E-state index in [1.54, 1.807) is 13.1 Å². The van der Waals surface area contributed by atoms with Gasteiger partial charge in [0.2, 0.25) is 0 Å². The number of nitrogens with one attached hydrogen (secondary N) is 2. The number of aliphatic hydroxyl groups excluding tert-OH is 1. The minimum atomic E-state index is -0.266. The summed E-state index contributed by atoms with van der Waals surface area (Å²) >= 11 is 0. The molecule has 5 nitrogen and oxygen atoms in total. The van der Waals surface area contributed by atoms with Crippen molar-refractivity contribution in [2.75, 3.05) is 13.2 Å². The van der Waals surface area contributed by atoms with Gasteiger partial charge in [-0.25, -0.2) is 4.79 Å². The molecule has 0 aliphatic carbocycles. The first-order valence-electron chi connectivity index (χ1n) is 5.27. The highest BCUT2D eigenvalue weighted by molar-refractivity contribution is 5.74. The molecule has 1 atom stereocenters. The summed E-state index contributed by atoms with van der Waals surface area (Å²) in [5, 5.41) is 14.0. The van der Waals surface area contributed by atoms with Crippen molar-refractivity contribution in [1.29, 1.82) is 0 Å². The molecule has 0 bridgehead atoms. The van der Waals surface area contributed by atoms with E-state index < -0.39 is 0 Å². The zero-order chi connectivity index (χ0) is 11.8. The van der Waals surface area contributed by atoms with E-state index in [1.807, 2.05) is 18.2 Å². The molecule has 1 unspecified atom stereocenters. The number of amides is 2. The zero-order valence-corrected chi connectivity index (χ0v) is 9.31. The summed E-state index contributed by atoms with van der Waals surface area (Å²) in [6, 6.07) is 5.19. The number of aliphatic hydroxyl groups is 1. The smallest absolute Gasteiger partial charge is 0.315 e. The molecule has 0 radical (unpaired) electrons. The number of hydrogen-bond acceptors (Lipinski definition) is 3. The first-order chi connectivity index (χ1) is 7.72. The monoisotopic (exact) mass is 223 g/mol. The van der Waals surface area contributed by atoms with Gasteiger partial charge in [-0.05, 0) is 19.1 Å². The predicted octanol–water partition coefficient (Wildman–Crippen LogP) is 0.304. The fourth-order valence-corrected chi connectivity index (χ4v) is 1.17. The summed E-state index contributed by atoms with van der Waals surface area (Å²) in [6.45, 7) is 2.20. The van der Waals surface area contributed by atoms with Crippen molar-refractivity contribution in [1.82, 2.24) is 15.6 Å². The summed E-state index contributed by atoms with van der Waals surface area (Å²) in [6.07, 6.45) is 2.42. The van der Waals surface area contributed by atoms with Gasteiger partial charge in [0.15, 0.2) is 0 Å². The van der Waals surface area contributed by atoms with E-state index >= 15 is 0 Å². The van der Waals surface area contributed by atoms with E-state index in [2.05, 4.69) is 15.6 Å². The topological polar surface area (TPSA) is 74.2 Å². The molecular weight excluding hydrogens is 206 g/mol. The number of rotatable bonds is 5. The summed E-state index contributed by atoms with van der Waals surface area (Å²) < 4.78 is 0. The number of hydrogen-bond donors (Lipinski definition) is 3. The minimum Gasteiger partial charge on any atom is -0.394 e. The highest BCUT2D eigenvalue weighted by Gasteiger charge is 2.04. The average Bonchev–Trinajstić information content (AvgIpc) is 2.30. The van der Waals surface area contributed by atoms with Gasteiger partial charge in [0.1, 0.15) is 0 Å². The summed E-state index contributed by atoms with van der Waals surface area (Å²) in [5.41, 5.74) is 0.943. The van der Waals surface area contributed by atoms with Crippen molar-refractivity contribution in [3.05, 3.63) is 30.1 Å². The zero-order valence-electron chi connectivity index (χ0n) is 9.31. The van der Waals surface area contributed by atoms with Gasteiger partial charge >= 0.3 is 6.03 Å². The second-order valence-corrected chi connectivity index (χ2v) is 3.55. The van der Waals surface area contributed by atoms with Crippen molar-refractivity contribution < 1.29 is 9.90 Å². The molecule has 16 heavy (non-hydrogen) atoms. The van der Waals surface area contributed by atoms with Crippen molar-refractivity contribution >= 4 is 6.03 Å². The second kappa shape index (κ2) is 6.79. The van der Waals surface area contributed by atoms with Crippen LogP contribution in [0.5, 0.6) is 0 Å². The lowest BCUT2D eigenvalue weighted by Crippen LogP contribution is -2.42. The van der Waals surface area contributed by atoms with Gasteiger partial charge in [0.25, 0.3) is 0 Å². The van der Waals surface area contributed by atoms with Crippen LogP contribution in [0.25, 0.3) is 0 Å². The normalized spacial score (nSPS) is 11.9. The number of carbonyl (C=O) groups is 1. The molecule has 0 spiro atoms. The van der Waals surface area contributed by atoms with Gasteiger partial charge in [-0.1, -0.05) is 6.07 Å². The molecule has 0 aliphatic rings. The van der Waals surface area contributed by atoms with Crippen LogP contribution in [0.2, 0.25) is 0 Å². The second-order valence-electron chi connectivity index (χ2n) is 3.55. The first kappa shape index (κ1) is 12.4. The van der Waals surface area contributed by atoms with Crippen LogP contribution >= 0.6 is 0 Å². The molecule has 2 amide bonds. The van der Waals surface area contributed by atoms with Crippen LogP contribution in [0, 0.1) is 0 Å². The molecule has 0 saturated heterocycles. The molecule has 0 aliphatic heterocycles. The van der Waals surface area contributed by atoms with E-state index in [-0.39, 0.29) is 18.7 Å². The Bertz CT molecular complexity index is 316. The van der Waals surface area contributed by atoms with Crippen LogP contribution < -0.4 is 10.6 Å². The lowest BCUT2D eigenvalue weighted by Gasteiger charge is -2.11. The van der Waals surface area contributed by atoms with Crippen LogP contribution in [0.3, 0.4) is 0 Å². The molecule has 0 aromatic carbocycles. The van der Waals surface area contributed by atoms with Crippen molar-refractivity contribution in [2.45, 2.75) is 19.4 Å². The van der Waals surface area contributed by atoms with Gasteiger partial charge in [-0.15, -0.1) is 0 Å². The lowest BCUT2D eigenvalue weighted by atomic mass is 10.3. The Morgan fingerprint density at radius 2 is 2.38 bits per heavy atom. The quantitative estimate of drug-likeness (QED) is 0.672. The number of aromatic nitrogens is 1. The Morgan fingerprint density at radius 3 is 3.00 bits per heavy atom. The third-order valence-corrected chi connectivity index (χ3v) is 2.04. The minimum absolute atomic E-state index is 0.0618. The van der Waals surface area contributed by atoms with Crippen LogP contribution in [0.1, 0.15) is 12.6 Å². The maximum atomic E-state index is 11.2. The van der Waals surface area contributed by atoms with Crippen LogP contribution in [-0.2, 0) is 6.42 Å². The Kier molecular flexibility index (Phi) is 5.28. The molecule has 1 aromatic heterocycles. The molecule has 3 N–H and O–H groups in total. The van der Waals surface area contributed by atoms with E-state index in [0.29, 0.717) is 13.0 Å². The van der Waals surface area contributed by atoms with E-state index in [9.17, 15) is 4.79 Å². The van der Waals surface area contributed by atoms with Gasteiger partial charge in [0, 0.05) is 24.9 Å². The highest BCUT2D eigenvalue weighted by atomic mass is 16.3. The third-order valence-electron chi connectivity index (χ3n) is 2.04. The Balaban J connectivity index is 2.18. The summed E-state index contributed by atoms with van der Waals surface area (Å²) in [4.78, 5) is 15.4. The third kappa shape index (κ3) is 4.75. The maximum absolute atomic E-state index is 11.2. The molecule has 0 saturated carbocycles. The summed E-state index contributed by atoms with van der Waals surface area (Å²) in [5.74, 6) is 0. The molecule has 1 aromatic rings. The van der Waals surface area contributed by atoms with E-state index in [4.69, 9.17) is 5.11 Å². The lowest BCUT2D eigenvalue weighted by molar-refractivity contribution is 0.220. The first-order valence-corrected chi connectivity index (χ1v) is 5.27. The number of urea groups is 1. The fraction of sp³-hybridized carbons (Fsp3) is 0.455. The van der Waals surface area contributed by atoms with Crippen LogP contribution in [0.15, 0.2) is 24.4 Å². The van der Waals surface area contributed by atoms with E-state index in [1.165, 1.54) is 0 Å². The van der Waals surface area contributed by atoms with Crippen LogP contribution in [0.4, 0.5) is 4.79 Å². The van der Waals surface area contributed by atoms with Gasteiger partial charge in [0.05, 0.1) is 12.6 Å². The Labute approximate surface area is 94.9 Å². The molecular formula is C11H17N3O2. The largest absolute Gasteiger partial charge is 0.394 e. The van der Waals surface area contributed by atoms with Crippen LogP contribution in [-0.4, -0.2) is 35.3 Å². The number of pyridine rings is 1. The SMILES string of the molecule is CC(CO)NC(=O)NCCc1ccccn1. The average molecular weight is 223 g/mol. The van der Waals surface area contributed by atoms with Gasteiger partial charge in [-0.3, -0.25) is 4.98 Å². The Hall–Kier alpha value is -1.62. The maximum Gasteiger partial charge on any atom is 0.315 e. The number of nitrogens with zero attached hydrogens (tertiary/aromatic N) is 1. The Morgan fingerprint density at radius 1 is 1.56 bits per heavy atom. The molecule has 1 heterocycles. The van der Waals surface area contributed by atoms with Crippen molar-refractivity contribution in [3.8, 4) is 0 Å². The standard InChI is InChI=1S/C11H17N3O2/c1-9(8-15)14-11(16)13-7-5-10-4-2-3-6-12-10/h2-4,6,9,15H,5,7-8H2,1H3,(H2,13,14,16). The molecule has 0 fully saturated rings. The van der Waals surface area contributed by atoms with E-state index in [0.717, 1.165) is 5.69 Å². The van der Waals surface area contributed by atoms with Crippen molar-refractivity contribution in [3.63, 3.8) is 0 Å². The molecule has 1 rings (SSSR count). The van der Waals surface area contributed by atoms with Crippen molar-refractivity contribution in [2.24, 2.45) is 0 Å². The summed E-state index contributed by atoms with van der Waals surface area (Å²) in [7, 11) is 0. The molecule has 5 heteroatoms. The highest BCUT2D eigenvalue weighted by Crippen LogP contribution is 1.92. The van der Waals surface area contributed by atoms with Gasteiger partial charge < -0.3 is 15.7 Å². The predicted molar refractivity (Wildman–Crippen MR) is 61.0 cm³/mol. The van der Waals surface area contributed by atoms with Gasteiger partial charge in [-0.2, -0.15) is 0 Å². The number of carbonyl (C=O) groups excluding carboxylic acids is 1. The fourth-order valence-electron chi connectivity index (χ4n) is 1.17.